The fourth-order valence-corrected chi connectivity index (χ4v) is 2.29. The molecule has 92 valence electrons. The summed E-state index contributed by atoms with van der Waals surface area (Å²) in [5, 5.41) is 3.55. The zero-order chi connectivity index (χ0) is 12.5. The molecule has 0 aliphatic carbocycles. The zero-order valence-electron chi connectivity index (χ0n) is 9.78. The first-order valence-corrected chi connectivity index (χ1v) is 6.85. The van der Waals surface area contributed by atoms with Crippen LogP contribution in [0, 0.1) is 0 Å². The third-order valence-electron chi connectivity index (χ3n) is 2.06. The lowest BCUT2D eigenvalue weighted by molar-refractivity contribution is -0.118. The predicted molar refractivity (Wildman–Crippen MR) is 74.6 cm³/mol. The summed E-state index contributed by atoms with van der Waals surface area (Å²) >= 11 is 7.45. The molecule has 0 aromatic heterocycles. The highest BCUT2D eigenvalue weighted by Gasteiger charge is 2.04. The largest absolute Gasteiger partial charge is 0.355 e. The molecule has 0 heterocycles. The molecular weight excluding hydrogens is 254 g/mol. The number of allylic oxidation sites excluding steroid dienone is 1. The quantitative estimate of drug-likeness (QED) is 0.486. The van der Waals surface area contributed by atoms with Crippen molar-refractivity contribution in [2.24, 2.45) is 0 Å². The Labute approximate surface area is 111 Å². The number of rotatable bonds is 6. The second-order valence-corrected chi connectivity index (χ2v) is 4.85. The summed E-state index contributed by atoms with van der Waals surface area (Å²) in [7, 11) is 0. The number of hydrogen-bond acceptors (Lipinski definition) is 2. The molecule has 0 fully saturated rings. The van der Waals surface area contributed by atoms with Crippen molar-refractivity contribution in [3.8, 4) is 0 Å². The van der Waals surface area contributed by atoms with Gasteiger partial charge in [0, 0.05) is 11.4 Å². The molecule has 17 heavy (non-hydrogen) atoms. The smallest absolute Gasteiger partial charge is 0.230 e. The molecule has 1 rings (SSSR count). The normalized spacial score (nSPS) is 10.7. The van der Waals surface area contributed by atoms with E-state index in [-0.39, 0.29) is 5.91 Å². The maximum absolute atomic E-state index is 11.5. The van der Waals surface area contributed by atoms with Crippen molar-refractivity contribution in [3.05, 3.63) is 41.4 Å². The van der Waals surface area contributed by atoms with Crippen molar-refractivity contribution in [3.63, 3.8) is 0 Å². The Kier molecular flexibility index (Phi) is 6.82. The molecule has 1 aromatic rings. The van der Waals surface area contributed by atoms with Crippen LogP contribution in [0.2, 0.25) is 5.02 Å². The van der Waals surface area contributed by atoms with Gasteiger partial charge in [0.1, 0.15) is 0 Å². The number of halogens is 1. The van der Waals surface area contributed by atoms with Crippen LogP contribution in [0.1, 0.15) is 13.3 Å². The van der Waals surface area contributed by atoms with Crippen molar-refractivity contribution >= 4 is 29.3 Å². The highest BCUT2D eigenvalue weighted by Crippen LogP contribution is 2.26. The van der Waals surface area contributed by atoms with Gasteiger partial charge in [-0.25, -0.2) is 0 Å². The summed E-state index contributed by atoms with van der Waals surface area (Å²) in [6.45, 7) is 2.65. The first-order valence-electron chi connectivity index (χ1n) is 5.49. The van der Waals surface area contributed by atoms with Gasteiger partial charge in [0.2, 0.25) is 5.91 Å². The third kappa shape index (κ3) is 5.80. The van der Waals surface area contributed by atoms with Gasteiger partial charge < -0.3 is 5.32 Å². The van der Waals surface area contributed by atoms with E-state index in [1.807, 2.05) is 43.3 Å². The SMILES string of the molecule is C/C=C/CCNC(=O)CSc1ccccc1Cl. The lowest BCUT2D eigenvalue weighted by Crippen LogP contribution is -2.25. The van der Waals surface area contributed by atoms with Crippen LogP contribution in [0.4, 0.5) is 0 Å². The molecule has 1 aromatic carbocycles. The minimum atomic E-state index is 0.0411. The van der Waals surface area contributed by atoms with Crippen LogP contribution >= 0.6 is 23.4 Å². The van der Waals surface area contributed by atoms with Crippen LogP contribution in [0.15, 0.2) is 41.3 Å². The van der Waals surface area contributed by atoms with Crippen LogP contribution in [0.3, 0.4) is 0 Å². The molecular formula is C13H16ClNOS. The molecule has 1 amide bonds. The Morgan fingerprint density at radius 2 is 2.24 bits per heavy atom. The maximum atomic E-state index is 11.5. The summed E-state index contributed by atoms with van der Waals surface area (Å²) < 4.78 is 0. The number of hydrogen-bond donors (Lipinski definition) is 1. The molecule has 0 radical (unpaired) electrons. The lowest BCUT2D eigenvalue weighted by atomic mass is 10.4. The van der Waals surface area contributed by atoms with E-state index in [2.05, 4.69) is 5.32 Å². The van der Waals surface area contributed by atoms with E-state index in [0.29, 0.717) is 17.3 Å². The Balaban J connectivity index is 2.26. The second kappa shape index (κ2) is 8.20. The summed E-state index contributed by atoms with van der Waals surface area (Å²) in [5.74, 6) is 0.443. The first kappa shape index (κ1) is 14.1. The summed E-state index contributed by atoms with van der Waals surface area (Å²) in [5.41, 5.74) is 0. The van der Waals surface area contributed by atoms with Crippen LogP contribution in [0.5, 0.6) is 0 Å². The summed E-state index contributed by atoms with van der Waals surface area (Å²) in [6, 6.07) is 7.54. The minimum absolute atomic E-state index is 0.0411. The van der Waals surface area contributed by atoms with E-state index in [1.165, 1.54) is 11.8 Å². The number of thioether (sulfide) groups is 1. The summed E-state index contributed by atoms with van der Waals surface area (Å²) in [4.78, 5) is 12.4. The monoisotopic (exact) mass is 269 g/mol. The van der Waals surface area contributed by atoms with E-state index < -0.39 is 0 Å². The Morgan fingerprint density at radius 3 is 2.94 bits per heavy atom. The van der Waals surface area contributed by atoms with Crippen molar-refractivity contribution < 1.29 is 4.79 Å². The summed E-state index contributed by atoms with van der Waals surface area (Å²) in [6.07, 6.45) is 4.88. The molecule has 0 unspecified atom stereocenters. The van der Waals surface area contributed by atoms with Crippen molar-refractivity contribution in [2.75, 3.05) is 12.3 Å². The third-order valence-corrected chi connectivity index (χ3v) is 3.58. The van der Waals surface area contributed by atoms with E-state index >= 15 is 0 Å². The van der Waals surface area contributed by atoms with Gasteiger partial charge in [0.05, 0.1) is 10.8 Å². The molecule has 0 saturated carbocycles. The second-order valence-electron chi connectivity index (χ2n) is 3.43. The number of benzene rings is 1. The van der Waals surface area contributed by atoms with Gasteiger partial charge in [-0.05, 0) is 25.5 Å². The van der Waals surface area contributed by atoms with Crippen LogP contribution < -0.4 is 5.32 Å². The van der Waals surface area contributed by atoms with Gasteiger partial charge in [-0.1, -0.05) is 35.9 Å². The van der Waals surface area contributed by atoms with Gasteiger partial charge in [-0.15, -0.1) is 11.8 Å². The average Bonchev–Trinajstić information content (AvgIpc) is 2.34. The molecule has 2 nitrogen and oxygen atoms in total. The molecule has 0 bridgehead atoms. The van der Waals surface area contributed by atoms with E-state index in [0.717, 1.165) is 11.3 Å². The highest BCUT2D eigenvalue weighted by atomic mass is 35.5. The van der Waals surface area contributed by atoms with Crippen molar-refractivity contribution in [2.45, 2.75) is 18.2 Å². The minimum Gasteiger partial charge on any atom is -0.355 e. The fourth-order valence-electron chi connectivity index (χ4n) is 1.22. The zero-order valence-corrected chi connectivity index (χ0v) is 11.4. The molecule has 0 aliphatic rings. The molecule has 4 heteroatoms. The first-order chi connectivity index (χ1) is 8.24. The Hall–Kier alpha value is -0.930. The van der Waals surface area contributed by atoms with Gasteiger partial charge in [-0.3, -0.25) is 4.79 Å². The predicted octanol–water partition coefficient (Wildman–Crippen LogP) is 3.51. The van der Waals surface area contributed by atoms with E-state index in [9.17, 15) is 4.79 Å². The highest BCUT2D eigenvalue weighted by molar-refractivity contribution is 8.00. The van der Waals surface area contributed by atoms with E-state index in [1.54, 1.807) is 0 Å². The van der Waals surface area contributed by atoms with E-state index in [4.69, 9.17) is 11.6 Å². The van der Waals surface area contributed by atoms with Gasteiger partial charge in [0.15, 0.2) is 0 Å². The maximum Gasteiger partial charge on any atom is 0.230 e. The molecule has 0 atom stereocenters. The van der Waals surface area contributed by atoms with Crippen LogP contribution in [-0.4, -0.2) is 18.2 Å². The fraction of sp³-hybridized carbons (Fsp3) is 0.308. The van der Waals surface area contributed by atoms with Crippen LogP contribution in [0.25, 0.3) is 0 Å². The van der Waals surface area contributed by atoms with Crippen molar-refractivity contribution in [1.29, 1.82) is 0 Å². The Morgan fingerprint density at radius 1 is 1.47 bits per heavy atom. The van der Waals surface area contributed by atoms with Gasteiger partial charge in [-0.2, -0.15) is 0 Å². The molecule has 0 spiro atoms. The van der Waals surface area contributed by atoms with Gasteiger partial charge in [0.25, 0.3) is 0 Å². The molecule has 0 saturated heterocycles. The van der Waals surface area contributed by atoms with Crippen LogP contribution in [-0.2, 0) is 4.79 Å². The van der Waals surface area contributed by atoms with Crippen molar-refractivity contribution in [1.82, 2.24) is 5.32 Å². The molecule has 1 N–H and O–H groups in total. The topological polar surface area (TPSA) is 29.1 Å². The number of carbonyl (C=O) groups is 1. The number of amides is 1. The average molecular weight is 270 g/mol. The molecule has 0 aliphatic heterocycles. The number of nitrogens with one attached hydrogen (secondary N) is 1. The standard InChI is InChI=1S/C13H16ClNOS/c1-2-3-6-9-15-13(16)10-17-12-8-5-4-7-11(12)14/h2-5,7-8H,6,9-10H2,1H3,(H,15,16)/b3-2+. The van der Waals surface area contributed by atoms with Gasteiger partial charge >= 0.3 is 0 Å². The number of carbonyl (C=O) groups excluding carboxylic acids is 1. The Bertz CT molecular complexity index is 393. The lowest BCUT2D eigenvalue weighted by Gasteiger charge is -2.04.